The first-order valence-electron chi connectivity index (χ1n) is 10.8. The Morgan fingerprint density at radius 2 is 0.967 bits per heavy atom. The molecule has 0 N–H and O–H groups in total. The lowest BCUT2D eigenvalue weighted by Crippen LogP contribution is -2.04. The Labute approximate surface area is 176 Å². The summed E-state index contributed by atoms with van der Waals surface area (Å²) in [5, 5.41) is 0.678. The Morgan fingerprint density at radius 3 is 1.30 bits per heavy atom. The largest absolute Gasteiger partial charge is 0.280 e. The molecule has 0 aromatic heterocycles. The molecule has 0 bridgehead atoms. The molecule has 0 fully saturated rings. The lowest BCUT2D eigenvalue weighted by atomic mass is 10.0. The van der Waals surface area contributed by atoms with Gasteiger partial charge in [-0.3, -0.25) is 9.59 Å². The van der Waals surface area contributed by atoms with Crippen molar-refractivity contribution in [1.29, 1.82) is 0 Å². The first-order chi connectivity index (χ1) is 14.6. The fourth-order valence-electron chi connectivity index (χ4n) is 3.92. The van der Waals surface area contributed by atoms with E-state index in [9.17, 15) is 9.59 Å². The average molecular weight is 399 g/mol. The minimum absolute atomic E-state index is 0.339. The van der Waals surface area contributed by atoms with Crippen molar-refractivity contribution in [3.05, 3.63) is 90.8 Å². The van der Waals surface area contributed by atoms with Crippen molar-refractivity contribution < 1.29 is 0 Å². The fourth-order valence-corrected chi connectivity index (χ4v) is 3.92. The van der Waals surface area contributed by atoms with E-state index >= 15 is 0 Å². The van der Waals surface area contributed by atoms with Gasteiger partial charge in [0.05, 0.1) is 21.8 Å². The summed E-state index contributed by atoms with van der Waals surface area (Å²) in [6.07, 6.45) is 6.62. The van der Waals surface area contributed by atoms with Crippen LogP contribution >= 0.6 is 0 Å². The van der Waals surface area contributed by atoms with Crippen molar-refractivity contribution >= 4 is 0 Å². The number of rotatable bonds is 8. The molecule has 0 aliphatic carbocycles. The van der Waals surface area contributed by atoms with Crippen molar-refractivity contribution in [2.45, 2.75) is 52.4 Å². The molecule has 0 radical (unpaired) electrons. The van der Waals surface area contributed by atoms with Gasteiger partial charge in [-0.1, -0.05) is 75.2 Å². The highest BCUT2D eigenvalue weighted by atomic mass is 16.1. The summed E-state index contributed by atoms with van der Waals surface area (Å²) in [6, 6.07) is 16.0. The van der Waals surface area contributed by atoms with E-state index in [0.29, 0.717) is 21.8 Å². The first kappa shape index (κ1) is 20.1. The molecule has 0 amide bonds. The van der Waals surface area contributed by atoms with Crippen LogP contribution in [0.3, 0.4) is 0 Å². The number of hydrogen-bond donors (Lipinski definition) is 0. The zero-order chi connectivity index (χ0) is 21.1. The lowest BCUT2D eigenvalue weighted by Gasteiger charge is -2.01. The molecule has 30 heavy (non-hydrogen) atoms. The predicted octanol–water partition coefficient (Wildman–Crippen LogP) is 4.82. The molecule has 4 nitrogen and oxygen atoms in total. The monoisotopic (exact) mass is 398 g/mol. The predicted molar refractivity (Wildman–Crippen MR) is 120 cm³/mol. The lowest BCUT2D eigenvalue weighted by molar-refractivity contribution is 0.795. The molecule has 2 aliphatic heterocycles. The van der Waals surface area contributed by atoms with Crippen LogP contribution in [0.15, 0.2) is 58.1 Å². The molecule has 0 saturated heterocycles. The van der Waals surface area contributed by atoms with E-state index in [1.807, 2.05) is 48.5 Å². The smallest absolute Gasteiger partial charge is 0.267 e. The highest BCUT2D eigenvalue weighted by Crippen LogP contribution is 2.24. The van der Waals surface area contributed by atoms with Crippen molar-refractivity contribution in [3.63, 3.8) is 0 Å². The first-order valence-corrected chi connectivity index (χ1v) is 10.8. The van der Waals surface area contributed by atoms with Gasteiger partial charge in [-0.05, 0) is 36.8 Å². The molecule has 2 heterocycles. The van der Waals surface area contributed by atoms with E-state index in [4.69, 9.17) is 0 Å². The van der Waals surface area contributed by atoms with Gasteiger partial charge >= 0.3 is 0 Å². The number of nitrogens with zero attached hydrogens (tertiary/aromatic N) is 2. The number of aryl methyl sites for hydroxylation is 2. The van der Waals surface area contributed by atoms with Gasteiger partial charge in [-0.25, -0.2) is 9.97 Å². The number of unbranched alkanes of at least 4 members (excludes halogenated alkanes) is 2. The molecule has 152 valence electrons. The Morgan fingerprint density at radius 1 is 0.600 bits per heavy atom. The summed E-state index contributed by atoms with van der Waals surface area (Å²) in [5.41, 5.74) is 4.20. The second-order valence-electron chi connectivity index (χ2n) is 7.88. The molecule has 0 atom stereocenters. The highest BCUT2D eigenvalue weighted by molar-refractivity contribution is 5.66. The van der Waals surface area contributed by atoms with Gasteiger partial charge in [-0.2, -0.15) is 0 Å². The van der Waals surface area contributed by atoms with E-state index in [-0.39, 0.29) is 11.1 Å². The van der Waals surface area contributed by atoms with Crippen LogP contribution in [-0.2, 0) is 12.8 Å². The van der Waals surface area contributed by atoms with Gasteiger partial charge < -0.3 is 0 Å². The molecule has 0 saturated carbocycles. The maximum absolute atomic E-state index is 12.7. The van der Waals surface area contributed by atoms with Crippen molar-refractivity contribution in [2.75, 3.05) is 0 Å². The van der Waals surface area contributed by atoms with E-state index in [1.165, 1.54) is 11.1 Å². The van der Waals surface area contributed by atoms with Crippen LogP contribution in [-0.4, -0.2) is 9.97 Å². The van der Waals surface area contributed by atoms with E-state index in [2.05, 4.69) is 23.8 Å². The molecule has 4 rings (SSSR count). The van der Waals surface area contributed by atoms with Crippen molar-refractivity contribution in [1.82, 2.24) is 9.97 Å². The van der Waals surface area contributed by atoms with E-state index in [0.717, 1.165) is 49.7 Å². The van der Waals surface area contributed by atoms with Crippen LogP contribution in [0.2, 0.25) is 0 Å². The Balaban J connectivity index is 1.75. The summed E-state index contributed by atoms with van der Waals surface area (Å²) >= 11 is 0. The van der Waals surface area contributed by atoms with Crippen LogP contribution in [0.5, 0.6) is 0 Å². The third kappa shape index (κ3) is 3.82. The van der Waals surface area contributed by atoms with Gasteiger partial charge in [0.15, 0.2) is 0 Å². The van der Waals surface area contributed by atoms with Crippen molar-refractivity contribution in [3.8, 4) is 22.5 Å². The Kier molecular flexibility index (Phi) is 5.84. The molecular weight excluding hydrogens is 372 g/mol. The SMILES string of the molecule is CCCCc1ccc(-c2nc(=O)c3c(-c4ccc(CCCC)cc4)nc(=O)c2=3)cc1. The summed E-state index contributed by atoms with van der Waals surface area (Å²) in [6.45, 7) is 4.34. The standard InChI is InChI=1S/C26H26N2O2/c1-3-5-7-17-9-13-19(14-10-17)23-21-22(26(30)27-23)24(28-25(21)29)20-15-11-18(12-16-20)8-6-4-2/h9-16H,3-8H2,1-2H3. The molecule has 2 aliphatic rings. The third-order valence-electron chi connectivity index (χ3n) is 5.67. The molecular formula is C26H26N2O2. The zero-order valence-electron chi connectivity index (χ0n) is 17.6. The van der Waals surface area contributed by atoms with Crippen LogP contribution in [0.4, 0.5) is 0 Å². The van der Waals surface area contributed by atoms with Crippen LogP contribution in [0, 0.1) is 10.4 Å². The maximum Gasteiger partial charge on any atom is 0.280 e. The summed E-state index contributed by atoms with van der Waals surface area (Å²) < 4.78 is 0. The molecule has 0 unspecified atom stereocenters. The van der Waals surface area contributed by atoms with Gasteiger partial charge in [0.25, 0.3) is 11.1 Å². The number of benzene rings is 2. The second-order valence-corrected chi connectivity index (χ2v) is 7.88. The Hall–Kier alpha value is -3.14. The van der Waals surface area contributed by atoms with Crippen molar-refractivity contribution in [2.24, 2.45) is 0 Å². The highest BCUT2D eigenvalue weighted by Gasteiger charge is 2.19. The molecule has 2 aromatic rings. The topological polar surface area (TPSA) is 59.9 Å². The summed E-state index contributed by atoms with van der Waals surface area (Å²) in [7, 11) is 0. The number of hydrogen-bond acceptors (Lipinski definition) is 4. The normalized spacial score (nSPS) is 11.4. The van der Waals surface area contributed by atoms with Crippen LogP contribution < -0.4 is 11.1 Å². The molecule has 0 spiro atoms. The molecule has 2 aromatic carbocycles. The summed E-state index contributed by atoms with van der Waals surface area (Å²) in [5.74, 6) is 0. The van der Waals surface area contributed by atoms with Gasteiger partial charge in [0.2, 0.25) is 0 Å². The third-order valence-corrected chi connectivity index (χ3v) is 5.67. The minimum Gasteiger partial charge on any atom is -0.267 e. The van der Waals surface area contributed by atoms with Gasteiger partial charge in [-0.15, -0.1) is 0 Å². The number of aromatic nitrogens is 2. The quantitative estimate of drug-likeness (QED) is 0.427. The minimum atomic E-state index is -0.380. The van der Waals surface area contributed by atoms with Gasteiger partial charge in [0, 0.05) is 11.1 Å². The Bertz CT molecular complexity index is 1180. The van der Waals surface area contributed by atoms with Crippen LogP contribution in [0.25, 0.3) is 22.5 Å². The van der Waals surface area contributed by atoms with E-state index < -0.39 is 0 Å². The van der Waals surface area contributed by atoms with Crippen LogP contribution in [0.1, 0.15) is 50.7 Å². The molecule has 4 heteroatoms. The maximum atomic E-state index is 12.7. The van der Waals surface area contributed by atoms with E-state index in [1.54, 1.807) is 0 Å². The summed E-state index contributed by atoms with van der Waals surface area (Å²) in [4.78, 5) is 33.9. The van der Waals surface area contributed by atoms with Gasteiger partial charge in [0.1, 0.15) is 0 Å². The average Bonchev–Trinajstić information content (AvgIpc) is 3.30. The fraction of sp³-hybridized carbons (Fsp3) is 0.308. The zero-order valence-corrected chi connectivity index (χ0v) is 17.6. The second kappa shape index (κ2) is 8.70.